The van der Waals surface area contributed by atoms with Crippen LogP contribution in [-0.4, -0.2) is 22.4 Å². The molecule has 0 aliphatic heterocycles. The highest BCUT2D eigenvalue weighted by Crippen LogP contribution is 2.22. The quantitative estimate of drug-likeness (QED) is 0.630. The van der Waals surface area contributed by atoms with Gasteiger partial charge in [0.25, 0.3) is 0 Å². The van der Waals surface area contributed by atoms with E-state index in [2.05, 4.69) is 5.10 Å². The fourth-order valence-electron chi connectivity index (χ4n) is 2.96. The van der Waals surface area contributed by atoms with Crippen molar-refractivity contribution >= 4 is 5.97 Å². The van der Waals surface area contributed by atoms with Gasteiger partial charge in [0.1, 0.15) is 5.69 Å². The van der Waals surface area contributed by atoms with Gasteiger partial charge in [-0.2, -0.15) is 5.10 Å². The Balaban J connectivity index is 1.91. The van der Waals surface area contributed by atoms with Crippen LogP contribution in [0, 0.1) is 0 Å². The first kappa shape index (κ1) is 18.6. The second-order valence-electron chi connectivity index (χ2n) is 6.29. The number of rotatable bonds is 6. The number of aromatic nitrogens is 2. The van der Waals surface area contributed by atoms with Gasteiger partial charge in [0, 0.05) is 18.2 Å². The molecule has 0 bridgehead atoms. The number of hydrogen-bond acceptors (Lipinski definition) is 4. The van der Waals surface area contributed by atoms with Gasteiger partial charge in [0.2, 0.25) is 5.43 Å². The Kier molecular flexibility index (Phi) is 5.81. The largest absolute Gasteiger partial charge is 0.466 e. The Hall–Kier alpha value is -3.21. The molecule has 27 heavy (non-hydrogen) atoms. The third-order valence-electron chi connectivity index (χ3n) is 4.37. The third-order valence-corrected chi connectivity index (χ3v) is 4.37. The molecule has 1 atom stereocenters. The Bertz CT molecular complexity index is 980. The van der Waals surface area contributed by atoms with Crippen LogP contribution in [0.2, 0.25) is 0 Å². The minimum atomic E-state index is -0.258. The number of nitrogens with zero attached hydrogens (tertiary/aromatic N) is 2. The van der Waals surface area contributed by atoms with E-state index in [-0.39, 0.29) is 23.7 Å². The predicted molar refractivity (Wildman–Crippen MR) is 104 cm³/mol. The molecule has 2 aromatic carbocycles. The zero-order valence-corrected chi connectivity index (χ0v) is 15.5. The molecule has 5 nitrogen and oxygen atoms in total. The molecule has 0 amide bonds. The highest BCUT2D eigenvalue weighted by atomic mass is 16.5. The maximum absolute atomic E-state index is 12.4. The molecule has 3 aromatic rings. The maximum atomic E-state index is 12.4. The maximum Gasteiger partial charge on any atom is 0.310 e. The topological polar surface area (TPSA) is 61.2 Å². The number of para-hydroxylation sites is 1. The van der Waals surface area contributed by atoms with Crippen LogP contribution in [0.1, 0.15) is 36.6 Å². The first-order valence-electron chi connectivity index (χ1n) is 8.98. The number of ether oxygens (including phenoxy) is 1. The van der Waals surface area contributed by atoms with Crippen LogP contribution in [-0.2, 0) is 16.0 Å². The third kappa shape index (κ3) is 4.50. The second kappa shape index (κ2) is 8.45. The van der Waals surface area contributed by atoms with Gasteiger partial charge in [-0.3, -0.25) is 9.59 Å². The predicted octanol–water partition coefficient (Wildman–Crippen LogP) is 3.49. The molecule has 0 aliphatic carbocycles. The van der Waals surface area contributed by atoms with Crippen molar-refractivity contribution in [2.45, 2.75) is 26.2 Å². The Morgan fingerprint density at radius 1 is 1.11 bits per heavy atom. The summed E-state index contributed by atoms with van der Waals surface area (Å²) in [7, 11) is 0. The van der Waals surface area contributed by atoms with Crippen molar-refractivity contribution in [2.24, 2.45) is 0 Å². The van der Waals surface area contributed by atoms with Gasteiger partial charge in [0.05, 0.1) is 18.7 Å². The van der Waals surface area contributed by atoms with Crippen LogP contribution in [0.3, 0.4) is 0 Å². The first-order chi connectivity index (χ1) is 13.1. The highest BCUT2D eigenvalue weighted by Gasteiger charge is 2.16. The van der Waals surface area contributed by atoms with E-state index in [1.54, 1.807) is 17.8 Å². The van der Waals surface area contributed by atoms with E-state index in [9.17, 15) is 9.59 Å². The number of esters is 1. The van der Waals surface area contributed by atoms with Gasteiger partial charge in [-0.1, -0.05) is 49.4 Å². The van der Waals surface area contributed by atoms with Crippen molar-refractivity contribution in [3.8, 4) is 5.69 Å². The van der Waals surface area contributed by atoms with E-state index in [0.29, 0.717) is 12.3 Å². The summed E-state index contributed by atoms with van der Waals surface area (Å²) in [6.45, 7) is 4.10. The molecule has 0 spiro atoms. The summed E-state index contributed by atoms with van der Waals surface area (Å²) in [5.41, 5.74) is 3.05. The average molecular weight is 362 g/mol. The van der Waals surface area contributed by atoms with Gasteiger partial charge < -0.3 is 4.74 Å². The van der Waals surface area contributed by atoms with Crippen LogP contribution in [0.5, 0.6) is 0 Å². The average Bonchev–Trinajstić information content (AvgIpc) is 2.69. The molecule has 0 saturated heterocycles. The fraction of sp³-hybridized carbons (Fsp3) is 0.227. The van der Waals surface area contributed by atoms with E-state index < -0.39 is 0 Å². The van der Waals surface area contributed by atoms with E-state index in [1.807, 2.05) is 61.5 Å². The lowest BCUT2D eigenvalue weighted by atomic mass is 9.95. The molecule has 0 radical (unpaired) electrons. The number of hydrogen-bond donors (Lipinski definition) is 0. The smallest absolute Gasteiger partial charge is 0.310 e. The van der Waals surface area contributed by atoms with Crippen LogP contribution in [0.25, 0.3) is 5.69 Å². The van der Waals surface area contributed by atoms with Crippen molar-refractivity contribution in [1.29, 1.82) is 0 Å². The van der Waals surface area contributed by atoms with Gasteiger partial charge >= 0.3 is 5.97 Å². The summed E-state index contributed by atoms with van der Waals surface area (Å²) < 4.78 is 6.71. The van der Waals surface area contributed by atoms with Crippen LogP contribution in [0.4, 0.5) is 0 Å². The summed E-state index contributed by atoms with van der Waals surface area (Å²) >= 11 is 0. The summed E-state index contributed by atoms with van der Waals surface area (Å²) in [6.07, 6.45) is 1.88. The highest BCUT2D eigenvalue weighted by molar-refractivity contribution is 5.72. The van der Waals surface area contributed by atoms with E-state index >= 15 is 0 Å². The molecule has 0 aliphatic rings. The van der Waals surface area contributed by atoms with E-state index in [1.165, 1.54) is 6.07 Å². The van der Waals surface area contributed by atoms with Crippen molar-refractivity contribution in [3.05, 3.63) is 93.9 Å². The molecular weight excluding hydrogens is 340 g/mol. The lowest BCUT2D eigenvalue weighted by molar-refractivity contribution is -0.142. The Labute approximate surface area is 158 Å². The number of carbonyl (C=O) groups is 1. The van der Waals surface area contributed by atoms with Gasteiger partial charge in [-0.05, 0) is 30.2 Å². The first-order valence-corrected chi connectivity index (χ1v) is 8.98. The second-order valence-corrected chi connectivity index (χ2v) is 6.29. The normalized spacial score (nSPS) is 11.8. The van der Waals surface area contributed by atoms with Crippen molar-refractivity contribution < 1.29 is 9.53 Å². The zero-order valence-electron chi connectivity index (χ0n) is 15.5. The SMILES string of the molecule is CCOC(=O)Cc1cccc(C(C)c2nn(-c3ccccc3)ccc2=O)c1. The van der Waals surface area contributed by atoms with Crippen molar-refractivity contribution in [2.75, 3.05) is 6.61 Å². The minimum Gasteiger partial charge on any atom is -0.466 e. The lowest BCUT2D eigenvalue weighted by Crippen LogP contribution is -2.19. The lowest BCUT2D eigenvalue weighted by Gasteiger charge is -2.14. The van der Waals surface area contributed by atoms with Crippen LogP contribution in [0.15, 0.2) is 71.7 Å². The molecule has 138 valence electrons. The molecule has 1 heterocycles. The zero-order chi connectivity index (χ0) is 19.2. The Morgan fingerprint density at radius 2 is 1.89 bits per heavy atom. The molecular formula is C22H22N2O3. The summed E-state index contributed by atoms with van der Waals surface area (Å²) in [6, 6.07) is 18.8. The van der Waals surface area contributed by atoms with E-state index in [4.69, 9.17) is 4.74 Å². The minimum absolute atomic E-state index is 0.106. The Morgan fingerprint density at radius 3 is 2.63 bits per heavy atom. The monoisotopic (exact) mass is 362 g/mol. The summed E-state index contributed by atoms with van der Waals surface area (Å²) in [5, 5.41) is 4.55. The van der Waals surface area contributed by atoms with E-state index in [0.717, 1.165) is 16.8 Å². The van der Waals surface area contributed by atoms with Crippen LogP contribution < -0.4 is 5.43 Å². The van der Waals surface area contributed by atoms with Crippen molar-refractivity contribution in [1.82, 2.24) is 9.78 Å². The fourth-order valence-corrected chi connectivity index (χ4v) is 2.96. The number of benzene rings is 2. The summed E-state index contributed by atoms with van der Waals surface area (Å²) in [5.74, 6) is -0.456. The van der Waals surface area contributed by atoms with Gasteiger partial charge in [0.15, 0.2) is 0 Å². The van der Waals surface area contributed by atoms with Gasteiger partial charge in [-0.15, -0.1) is 0 Å². The molecule has 1 unspecified atom stereocenters. The molecule has 0 fully saturated rings. The molecule has 0 N–H and O–H groups in total. The number of carbonyl (C=O) groups excluding carboxylic acids is 1. The molecule has 5 heteroatoms. The molecule has 0 saturated carbocycles. The molecule has 3 rings (SSSR count). The summed E-state index contributed by atoms with van der Waals surface area (Å²) in [4.78, 5) is 24.1. The molecule has 1 aromatic heterocycles. The van der Waals surface area contributed by atoms with Crippen molar-refractivity contribution in [3.63, 3.8) is 0 Å². The van der Waals surface area contributed by atoms with Crippen LogP contribution >= 0.6 is 0 Å². The standard InChI is InChI=1S/C22H22N2O3/c1-3-27-21(26)15-17-8-7-9-18(14-17)16(2)22-20(25)12-13-24(23-22)19-10-5-4-6-11-19/h4-14,16H,3,15H2,1-2H3. The van der Waals surface area contributed by atoms with Gasteiger partial charge in [-0.25, -0.2) is 4.68 Å².